The summed E-state index contributed by atoms with van der Waals surface area (Å²) in [5.74, 6) is -0.983. The number of fused-ring (bicyclic) bond motifs is 1. The quantitative estimate of drug-likeness (QED) is 0.851. The molecule has 2 aliphatic heterocycles. The highest BCUT2D eigenvalue weighted by atomic mass is 19.1. The Balaban J connectivity index is 1.61. The minimum Gasteiger partial charge on any atom is -0.396 e. The SMILES string of the molecule is O=C(c1cccc(F)c1)N1CC[C@]2(CO)CCCN(C(=O)c3cnccn3)[C@H]2C1. The molecular weight excluding hydrogens is 375 g/mol. The Labute approximate surface area is 168 Å². The molecule has 0 aliphatic carbocycles. The summed E-state index contributed by atoms with van der Waals surface area (Å²) < 4.78 is 13.6. The maximum Gasteiger partial charge on any atom is 0.274 e. The summed E-state index contributed by atoms with van der Waals surface area (Å²) in [6, 6.07) is 5.28. The molecule has 0 radical (unpaired) electrons. The molecule has 2 atom stereocenters. The fraction of sp³-hybridized carbons (Fsp3) is 0.429. The van der Waals surface area contributed by atoms with Gasteiger partial charge in [-0.25, -0.2) is 9.37 Å². The Morgan fingerprint density at radius 2 is 2.07 bits per heavy atom. The van der Waals surface area contributed by atoms with E-state index >= 15 is 0 Å². The smallest absolute Gasteiger partial charge is 0.274 e. The Morgan fingerprint density at radius 1 is 1.21 bits per heavy atom. The summed E-state index contributed by atoms with van der Waals surface area (Å²) in [5, 5.41) is 10.2. The number of piperidine rings is 2. The van der Waals surface area contributed by atoms with E-state index in [-0.39, 0.29) is 35.7 Å². The fourth-order valence-electron chi connectivity index (χ4n) is 4.55. The number of aliphatic hydroxyl groups excluding tert-OH is 1. The monoisotopic (exact) mass is 398 g/mol. The number of halogens is 1. The lowest BCUT2D eigenvalue weighted by atomic mass is 9.68. The standard InChI is InChI=1S/C21H23FN4O3/c22-16-4-1-3-15(11-16)19(28)25-10-6-21(14-27)5-2-9-26(18(21)13-25)20(29)17-12-23-7-8-24-17/h1,3-4,7-8,11-12,18,27H,2,5-6,9-10,13-14H2/t18-,21-/m0/s1. The number of amides is 2. The molecule has 0 unspecified atom stereocenters. The van der Waals surface area contributed by atoms with Crippen LogP contribution in [0.3, 0.4) is 0 Å². The Morgan fingerprint density at radius 3 is 2.79 bits per heavy atom. The lowest BCUT2D eigenvalue weighted by Crippen LogP contribution is -2.64. The summed E-state index contributed by atoms with van der Waals surface area (Å²) >= 11 is 0. The van der Waals surface area contributed by atoms with Crippen LogP contribution < -0.4 is 0 Å². The van der Waals surface area contributed by atoms with Crippen LogP contribution in [0.15, 0.2) is 42.9 Å². The van der Waals surface area contributed by atoms with Crippen LogP contribution in [0.4, 0.5) is 4.39 Å². The fourth-order valence-corrected chi connectivity index (χ4v) is 4.55. The first kappa shape index (κ1) is 19.4. The van der Waals surface area contributed by atoms with Gasteiger partial charge in [0.05, 0.1) is 18.8 Å². The summed E-state index contributed by atoms with van der Waals surface area (Å²) in [6.07, 6.45) is 6.55. The first-order valence-electron chi connectivity index (χ1n) is 9.77. The van der Waals surface area contributed by atoms with Crippen LogP contribution >= 0.6 is 0 Å². The van der Waals surface area contributed by atoms with Crippen LogP contribution in [0.1, 0.15) is 40.1 Å². The van der Waals surface area contributed by atoms with Crippen LogP contribution in [-0.4, -0.2) is 69.0 Å². The molecule has 7 nitrogen and oxygen atoms in total. The third-order valence-electron chi connectivity index (χ3n) is 6.15. The molecule has 0 saturated carbocycles. The molecular formula is C21H23FN4O3. The number of hydrogen-bond acceptors (Lipinski definition) is 5. The van der Waals surface area contributed by atoms with Crippen LogP contribution in [0.25, 0.3) is 0 Å². The van der Waals surface area contributed by atoms with Crippen molar-refractivity contribution in [1.82, 2.24) is 19.8 Å². The molecule has 1 N–H and O–H groups in total. The summed E-state index contributed by atoms with van der Waals surface area (Å²) in [4.78, 5) is 37.5. The Bertz CT molecular complexity index is 910. The second-order valence-corrected chi connectivity index (χ2v) is 7.74. The van der Waals surface area contributed by atoms with E-state index in [4.69, 9.17) is 0 Å². The van der Waals surface area contributed by atoms with E-state index in [2.05, 4.69) is 9.97 Å². The molecule has 3 heterocycles. The molecule has 4 rings (SSSR count). The average Bonchev–Trinajstić information content (AvgIpc) is 2.77. The van der Waals surface area contributed by atoms with Gasteiger partial charge in [-0.2, -0.15) is 0 Å². The van der Waals surface area contributed by atoms with Gasteiger partial charge >= 0.3 is 0 Å². The highest BCUT2D eigenvalue weighted by Gasteiger charge is 2.50. The second kappa shape index (κ2) is 7.87. The first-order valence-corrected chi connectivity index (χ1v) is 9.77. The van der Waals surface area contributed by atoms with E-state index < -0.39 is 11.2 Å². The molecule has 1 aromatic carbocycles. The van der Waals surface area contributed by atoms with Gasteiger partial charge in [0.2, 0.25) is 0 Å². The summed E-state index contributed by atoms with van der Waals surface area (Å²) in [5.41, 5.74) is 0.0772. The maximum absolute atomic E-state index is 13.6. The van der Waals surface area contributed by atoms with Gasteiger partial charge in [0.25, 0.3) is 11.8 Å². The van der Waals surface area contributed by atoms with Crippen LogP contribution in [0.5, 0.6) is 0 Å². The Hall–Kier alpha value is -2.87. The third kappa shape index (κ3) is 3.60. The molecule has 2 fully saturated rings. The van der Waals surface area contributed by atoms with Crippen LogP contribution in [-0.2, 0) is 0 Å². The topological polar surface area (TPSA) is 86.6 Å². The third-order valence-corrected chi connectivity index (χ3v) is 6.15. The van der Waals surface area contributed by atoms with Crippen molar-refractivity contribution >= 4 is 11.8 Å². The zero-order valence-electron chi connectivity index (χ0n) is 16.0. The zero-order chi connectivity index (χ0) is 20.4. The van der Waals surface area contributed by atoms with E-state index in [1.807, 2.05) is 0 Å². The molecule has 8 heteroatoms. The van der Waals surface area contributed by atoms with Crippen molar-refractivity contribution in [2.45, 2.75) is 25.3 Å². The van der Waals surface area contributed by atoms with E-state index in [0.29, 0.717) is 26.1 Å². The van der Waals surface area contributed by atoms with Gasteiger partial charge in [0.15, 0.2) is 0 Å². The minimum atomic E-state index is -0.463. The van der Waals surface area contributed by atoms with Gasteiger partial charge in [-0.05, 0) is 37.5 Å². The predicted octanol–water partition coefficient (Wildman–Crippen LogP) is 1.75. The van der Waals surface area contributed by atoms with Gasteiger partial charge in [0.1, 0.15) is 11.5 Å². The van der Waals surface area contributed by atoms with Gasteiger partial charge in [-0.1, -0.05) is 6.07 Å². The number of nitrogens with zero attached hydrogens (tertiary/aromatic N) is 4. The van der Waals surface area contributed by atoms with Gasteiger partial charge in [-0.15, -0.1) is 0 Å². The molecule has 0 spiro atoms. The number of aliphatic hydroxyl groups is 1. The number of carbonyl (C=O) groups is 2. The van der Waals surface area contributed by atoms with Gasteiger partial charge in [0, 0.05) is 43.0 Å². The Kier molecular flexibility index (Phi) is 5.27. The lowest BCUT2D eigenvalue weighted by Gasteiger charge is -2.54. The average molecular weight is 398 g/mol. The second-order valence-electron chi connectivity index (χ2n) is 7.74. The van der Waals surface area contributed by atoms with Crippen LogP contribution in [0.2, 0.25) is 0 Å². The van der Waals surface area contributed by atoms with Crippen molar-refractivity contribution < 1.29 is 19.1 Å². The molecule has 2 amide bonds. The van der Waals surface area contributed by atoms with Crippen molar-refractivity contribution in [2.24, 2.45) is 5.41 Å². The normalized spacial score (nSPS) is 24.1. The predicted molar refractivity (Wildman–Crippen MR) is 103 cm³/mol. The number of likely N-dealkylation sites (tertiary alicyclic amines) is 2. The molecule has 0 bridgehead atoms. The molecule has 152 valence electrons. The number of benzene rings is 1. The van der Waals surface area contributed by atoms with Crippen molar-refractivity contribution in [1.29, 1.82) is 0 Å². The molecule has 2 aliphatic rings. The highest BCUT2D eigenvalue weighted by Crippen LogP contribution is 2.42. The number of rotatable bonds is 3. The number of aromatic nitrogens is 2. The molecule has 2 saturated heterocycles. The van der Waals surface area contributed by atoms with E-state index in [1.54, 1.807) is 15.9 Å². The van der Waals surface area contributed by atoms with E-state index in [0.717, 1.165) is 12.8 Å². The molecule has 29 heavy (non-hydrogen) atoms. The molecule has 2 aromatic rings. The first-order chi connectivity index (χ1) is 14.0. The van der Waals surface area contributed by atoms with Gasteiger partial charge in [-0.3, -0.25) is 14.6 Å². The maximum atomic E-state index is 13.6. The molecule has 1 aromatic heterocycles. The summed E-state index contributed by atoms with van der Waals surface area (Å²) in [7, 11) is 0. The van der Waals surface area contributed by atoms with Crippen molar-refractivity contribution in [3.63, 3.8) is 0 Å². The number of carbonyl (C=O) groups excluding carboxylic acids is 2. The zero-order valence-corrected chi connectivity index (χ0v) is 16.0. The van der Waals surface area contributed by atoms with Crippen molar-refractivity contribution in [2.75, 3.05) is 26.2 Å². The van der Waals surface area contributed by atoms with Crippen molar-refractivity contribution in [3.05, 3.63) is 59.9 Å². The van der Waals surface area contributed by atoms with E-state index in [9.17, 15) is 19.1 Å². The minimum absolute atomic E-state index is 0.0517. The van der Waals surface area contributed by atoms with Crippen molar-refractivity contribution in [3.8, 4) is 0 Å². The highest BCUT2D eigenvalue weighted by molar-refractivity contribution is 5.95. The van der Waals surface area contributed by atoms with E-state index in [1.165, 1.54) is 36.8 Å². The summed E-state index contributed by atoms with van der Waals surface area (Å²) in [6.45, 7) is 1.23. The van der Waals surface area contributed by atoms with Gasteiger partial charge < -0.3 is 14.9 Å². The number of hydrogen-bond donors (Lipinski definition) is 1. The largest absolute Gasteiger partial charge is 0.396 e. The lowest BCUT2D eigenvalue weighted by molar-refractivity contribution is -0.0581. The van der Waals surface area contributed by atoms with Crippen LogP contribution in [0, 0.1) is 11.2 Å².